The van der Waals surface area contributed by atoms with Crippen LogP contribution in [0.4, 0.5) is 5.69 Å². The Morgan fingerprint density at radius 2 is 1.70 bits per heavy atom. The molecule has 1 aromatic heterocycles. The summed E-state index contributed by atoms with van der Waals surface area (Å²) in [5.74, 6) is -0.188. The number of fused-ring (bicyclic) bond motifs is 1. The van der Waals surface area contributed by atoms with E-state index in [9.17, 15) is 9.59 Å². The van der Waals surface area contributed by atoms with E-state index in [4.69, 9.17) is 0 Å². The van der Waals surface area contributed by atoms with E-state index in [1.165, 1.54) is 0 Å². The topological polar surface area (TPSA) is 64.0 Å². The number of rotatable bonds is 4. The van der Waals surface area contributed by atoms with Gasteiger partial charge in [-0.15, -0.1) is 0 Å². The van der Waals surface area contributed by atoms with E-state index in [-0.39, 0.29) is 11.5 Å². The first-order valence-electron chi connectivity index (χ1n) is 8.60. The highest BCUT2D eigenvalue weighted by molar-refractivity contribution is 6.04. The molecule has 0 atom stereocenters. The summed E-state index contributed by atoms with van der Waals surface area (Å²) in [5, 5.41) is 3.45. The van der Waals surface area contributed by atoms with E-state index in [0.717, 1.165) is 11.3 Å². The molecule has 0 saturated heterocycles. The molecule has 0 aliphatic carbocycles. The number of carbonyl (C=O) groups excluding carboxylic acids is 1. The van der Waals surface area contributed by atoms with Crippen LogP contribution in [-0.2, 0) is 6.54 Å². The lowest BCUT2D eigenvalue weighted by Crippen LogP contribution is -2.21. The fourth-order valence-electron chi connectivity index (χ4n) is 2.95. The zero-order valence-corrected chi connectivity index (χ0v) is 14.5. The van der Waals surface area contributed by atoms with Gasteiger partial charge in [-0.3, -0.25) is 14.2 Å². The number of para-hydroxylation sites is 2. The van der Waals surface area contributed by atoms with Crippen molar-refractivity contribution in [3.05, 3.63) is 107 Å². The van der Waals surface area contributed by atoms with Gasteiger partial charge in [-0.05, 0) is 42.0 Å². The molecule has 132 valence electrons. The third-order valence-electron chi connectivity index (χ3n) is 4.31. The molecule has 0 spiro atoms. The zero-order valence-electron chi connectivity index (χ0n) is 14.5. The summed E-state index contributed by atoms with van der Waals surface area (Å²) in [6.07, 6.45) is 1.54. The number of carbonyl (C=O) groups is 1. The zero-order chi connectivity index (χ0) is 18.6. The van der Waals surface area contributed by atoms with Crippen LogP contribution < -0.4 is 10.9 Å². The molecule has 5 nitrogen and oxygen atoms in total. The lowest BCUT2D eigenvalue weighted by atomic mass is 10.1. The fourth-order valence-corrected chi connectivity index (χ4v) is 2.95. The number of hydrogen-bond donors (Lipinski definition) is 1. The summed E-state index contributed by atoms with van der Waals surface area (Å²) >= 11 is 0. The van der Waals surface area contributed by atoms with Gasteiger partial charge in [0.1, 0.15) is 0 Å². The highest BCUT2D eigenvalue weighted by atomic mass is 16.1. The molecule has 0 fully saturated rings. The van der Waals surface area contributed by atoms with Crippen molar-refractivity contribution < 1.29 is 4.79 Å². The standard InChI is InChI=1S/C22H17N3O2/c26-21(24-18-9-2-1-3-10-18)17-8-6-7-16(13-17)14-25-15-23-20-12-5-4-11-19(20)22(25)27/h1-13,15H,14H2,(H,24,26). The number of hydrogen-bond acceptors (Lipinski definition) is 3. The minimum Gasteiger partial charge on any atom is -0.322 e. The predicted octanol–water partition coefficient (Wildman–Crippen LogP) is 3.70. The Kier molecular flexibility index (Phi) is 4.49. The van der Waals surface area contributed by atoms with E-state index < -0.39 is 0 Å². The molecule has 0 bridgehead atoms. The number of benzene rings is 3. The Labute approximate surface area is 155 Å². The molecule has 1 heterocycles. The Morgan fingerprint density at radius 1 is 0.926 bits per heavy atom. The molecule has 3 aromatic carbocycles. The van der Waals surface area contributed by atoms with Gasteiger partial charge in [0.15, 0.2) is 0 Å². The maximum absolute atomic E-state index is 12.6. The molecule has 5 heteroatoms. The maximum Gasteiger partial charge on any atom is 0.261 e. The third kappa shape index (κ3) is 3.62. The van der Waals surface area contributed by atoms with Crippen LogP contribution in [0.3, 0.4) is 0 Å². The van der Waals surface area contributed by atoms with E-state index >= 15 is 0 Å². The lowest BCUT2D eigenvalue weighted by molar-refractivity contribution is 0.102. The quantitative estimate of drug-likeness (QED) is 0.607. The van der Waals surface area contributed by atoms with Gasteiger partial charge in [0.2, 0.25) is 0 Å². The van der Waals surface area contributed by atoms with Crippen LogP contribution in [0.1, 0.15) is 15.9 Å². The second-order valence-corrected chi connectivity index (χ2v) is 6.22. The van der Waals surface area contributed by atoms with Crippen molar-refractivity contribution >= 4 is 22.5 Å². The van der Waals surface area contributed by atoms with Crippen LogP contribution in [0.5, 0.6) is 0 Å². The molecule has 0 unspecified atom stereocenters. The van der Waals surface area contributed by atoms with Crippen LogP contribution in [0, 0.1) is 0 Å². The van der Waals surface area contributed by atoms with Crippen molar-refractivity contribution in [3.63, 3.8) is 0 Å². The molecule has 0 aliphatic heterocycles. The summed E-state index contributed by atoms with van der Waals surface area (Å²) in [6.45, 7) is 0.350. The van der Waals surface area contributed by atoms with Crippen LogP contribution in [0.15, 0.2) is 90.0 Å². The van der Waals surface area contributed by atoms with Crippen molar-refractivity contribution in [1.29, 1.82) is 0 Å². The van der Waals surface area contributed by atoms with Crippen LogP contribution in [0.2, 0.25) is 0 Å². The largest absolute Gasteiger partial charge is 0.322 e. The first kappa shape index (κ1) is 16.7. The Bertz CT molecular complexity index is 1170. The Hall–Kier alpha value is -3.73. The molecule has 0 radical (unpaired) electrons. The van der Waals surface area contributed by atoms with Gasteiger partial charge in [0, 0.05) is 11.3 Å². The van der Waals surface area contributed by atoms with E-state index in [1.54, 1.807) is 29.1 Å². The number of nitrogens with zero attached hydrogens (tertiary/aromatic N) is 2. The summed E-state index contributed by atoms with van der Waals surface area (Å²) in [7, 11) is 0. The Balaban J connectivity index is 1.59. The molecule has 27 heavy (non-hydrogen) atoms. The second-order valence-electron chi connectivity index (χ2n) is 6.22. The highest BCUT2D eigenvalue weighted by Crippen LogP contribution is 2.12. The van der Waals surface area contributed by atoms with E-state index in [0.29, 0.717) is 23.0 Å². The van der Waals surface area contributed by atoms with Crippen molar-refractivity contribution in [2.75, 3.05) is 5.32 Å². The SMILES string of the molecule is O=C(Nc1ccccc1)c1cccc(Cn2cnc3ccccc3c2=O)c1. The number of amides is 1. The molecule has 4 aromatic rings. The maximum atomic E-state index is 12.6. The van der Waals surface area contributed by atoms with E-state index in [2.05, 4.69) is 10.3 Å². The van der Waals surface area contributed by atoms with Gasteiger partial charge < -0.3 is 5.32 Å². The molecule has 4 rings (SSSR count). The lowest BCUT2D eigenvalue weighted by Gasteiger charge is -2.09. The van der Waals surface area contributed by atoms with Crippen molar-refractivity contribution in [3.8, 4) is 0 Å². The molecule has 1 N–H and O–H groups in total. The van der Waals surface area contributed by atoms with Gasteiger partial charge in [-0.2, -0.15) is 0 Å². The van der Waals surface area contributed by atoms with Gasteiger partial charge in [0.05, 0.1) is 23.8 Å². The average molecular weight is 355 g/mol. The van der Waals surface area contributed by atoms with Gasteiger partial charge >= 0.3 is 0 Å². The summed E-state index contributed by atoms with van der Waals surface area (Å²) in [4.78, 5) is 29.4. The van der Waals surface area contributed by atoms with Crippen molar-refractivity contribution in [2.45, 2.75) is 6.54 Å². The van der Waals surface area contributed by atoms with Gasteiger partial charge in [-0.25, -0.2) is 4.98 Å². The first-order valence-corrected chi connectivity index (χ1v) is 8.60. The molecular formula is C22H17N3O2. The van der Waals surface area contributed by atoms with Crippen molar-refractivity contribution in [1.82, 2.24) is 9.55 Å². The second kappa shape index (κ2) is 7.25. The van der Waals surface area contributed by atoms with Crippen LogP contribution in [-0.4, -0.2) is 15.5 Å². The molecular weight excluding hydrogens is 338 g/mol. The Morgan fingerprint density at radius 3 is 2.56 bits per heavy atom. The molecule has 0 saturated carbocycles. The van der Waals surface area contributed by atoms with E-state index in [1.807, 2.05) is 60.7 Å². The van der Waals surface area contributed by atoms with Crippen LogP contribution >= 0.6 is 0 Å². The summed E-state index contributed by atoms with van der Waals surface area (Å²) < 4.78 is 1.55. The predicted molar refractivity (Wildman–Crippen MR) is 106 cm³/mol. The molecule has 1 amide bonds. The van der Waals surface area contributed by atoms with Crippen LogP contribution in [0.25, 0.3) is 10.9 Å². The summed E-state index contributed by atoms with van der Waals surface area (Å²) in [5.41, 5.74) is 2.71. The van der Waals surface area contributed by atoms with Gasteiger partial charge in [-0.1, -0.05) is 42.5 Å². The third-order valence-corrected chi connectivity index (χ3v) is 4.31. The molecule has 0 aliphatic rings. The fraction of sp³-hybridized carbons (Fsp3) is 0.0455. The van der Waals surface area contributed by atoms with Gasteiger partial charge in [0.25, 0.3) is 11.5 Å². The minimum absolute atomic E-state index is 0.0975. The highest BCUT2D eigenvalue weighted by Gasteiger charge is 2.08. The number of aromatic nitrogens is 2. The smallest absolute Gasteiger partial charge is 0.261 e. The first-order chi connectivity index (χ1) is 13.2. The normalized spacial score (nSPS) is 10.7. The average Bonchev–Trinajstić information content (AvgIpc) is 2.71. The number of anilines is 1. The monoisotopic (exact) mass is 355 g/mol. The minimum atomic E-state index is -0.188. The number of nitrogens with one attached hydrogen (secondary N) is 1. The van der Waals surface area contributed by atoms with Crippen molar-refractivity contribution in [2.24, 2.45) is 0 Å². The summed E-state index contributed by atoms with van der Waals surface area (Å²) in [6, 6.07) is 23.8.